The van der Waals surface area contributed by atoms with Crippen molar-refractivity contribution in [3.8, 4) is 67.5 Å². The lowest BCUT2D eigenvalue weighted by molar-refractivity contribution is -0.659. The Morgan fingerprint density at radius 3 is 0.972 bits per heavy atom. The molecule has 0 atom stereocenters. The van der Waals surface area contributed by atoms with Gasteiger partial charge >= 0.3 is 0 Å². The molecule has 142 heavy (non-hydrogen) atoms. The van der Waals surface area contributed by atoms with Gasteiger partial charge in [-0.2, -0.15) is 0 Å². The Bertz CT molecular complexity index is 7570. The van der Waals surface area contributed by atoms with Crippen LogP contribution >= 0.6 is 0 Å². The van der Waals surface area contributed by atoms with Crippen LogP contribution in [0.1, 0.15) is 277 Å². The second-order valence-corrected chi connectivity index (χ2v) is 43.5. The van der Waals surface area contributed by atoms with E-state index in [0.29, 0.717) is 11.8 Å². The summed E-state index contributed by atoms with van der Waals surface area (Å²) in [5.41, 5.74) is 44.0. The predicted octanol–water partition coefficient (Wildman–Crippen LogP) is 33.2. The van der Waals surface area contributed by atoms with E-state index >= 15 is 0 Å². The summed E-state index contributed by atoms with van der Waals surface area (Å²) >= 11 is 0. The summed E-state index contributed by atoms with van der Waals surface area (Å²) in [5.74, 6) is 4.10. The smallest absolute Gasteiger partial charge is 0.200 e. The largest absolute Gasteiger partial charge is 0.220 e. The van der Waals surface area contributed by atoms with Crippen LogP contribution in [-0.4, -0.2) is 0 Å². The molecule has 6 heteroatoms. The van der Waals surface area contributed by atoms with Crippen LogP contribution < -0.4 is 27.4 Å². The van der Waals surface area contributed by atoms with Crippen molar-refractivity contribution in [1.29, 1.82) is 0 Å². The number of hydrogen-bond acceptors (Lipinski definition) is 0. The summed E-state index contributed by atoms with van der Waals surface area (Å²) in [6.07, 6.45) is 35.2. The van der Waals surface area contributed by atoms with Crippen LogP contribution in [0.15, 0.2) is 280 Å². The van der Waals surface area contributed by atoms with E-state index < -0.39 is 0 Å². The average molecular weight is 1870 g/mol. The van der Waals surface area contributed by atoms with Crippen molar-refractivity contribution in [2.75, 3.05) is 0 Å². The Morgan fingerprint density at radius 1 is 0.211 bits per heavy atom. The minimum Gasteiger partial charge on any atom is -0.200 e. The molecule has 6 aromatic heterocycles. The molecule has 4 fully saturated rings. The van der Waals surface area contributed by atoms with Gasteiger partial charge in [-0.25, -0.2) is 27.4 Å². The van der Waals surface area contributed by atoms with Gasteiger partial charge in [-0.3, -0.25) is 0 Å². The molecule has 4 aliphatic carbocycles. The summed E-state index contributed by atoms with van der Waals surface area (Å²) in [6.45, 7) is 40.0. The molecule has 0 N–H and O–H groups in total. The number of rotatable bonds is 12. The zero-order valence-corrected chi connectivity index (χ0v) is 90.0. The fourth-order valence-electron chi connectivity index (χ4n) is 24.2. The molecule has 0 amide bonds. The first-order valence-electron chi connectivity index (χ1n) is 53.3. The van der Waals surface area contributed by atoms with E-state index in [9.17, 15) is 0 Å². The molecular weight excluding hydrogens is 1720 g/mol. The van der Waals surface area contributed by atoms with Crippen molar-refractivity contribution in [3.05, 3.63) is 391 Å². The van der Waals surface area contributed by atoms with Gasteiger partial charge in [0, 0.05) is 47.0 Å². The van der Waals surface area contributed by atoms with Crippen LogP contribution in [0, 0.1) is 96.9 Å². The van der Waals surface area contributed by atoms with Gasteiger partial charge in [0.25, 0.3) is 0 Å². The maximum absolute atomic E-state index is 2.47. The van der Waals surface area contributed by atoms with Gasteiger partial charge in [0.05, 0.1) is 54.6 Å². The van der Waals surface area contributed by atoms with Crippen LogP contribution in [0.4, 0.5) is 0 Å². The lowest BCUT2D eigenvalue weighted by Crippen LogP contribution is -2.32. The number of pyridine rings is 6. The molecule has 22 rings (SSSR count). The Morgan fingerprint density at radius 2 is 0.521 bits per heavy atom. The van der Waals surface area contributed by atoms with Crippen LogP contribution in [0.3, 0.4) is 0 Å². The minimum atomic E-state index is 0.546. The van der Waals surface area contributed by atoms with E-state index in [1.54, 1.807) is 11.1 Å². The van der Waals surface area contributed by atoms with E-state index in [2.05, 4.69) is 474 Å². The zero-order valence-electron chi connectivity index (χ0n) is 90.0. The molecule has 0 radical (unpaired) electrons. The van der Waals surface area contributed by atoms with Crippen molar-refractivity contribution < 1.29 is 27.4 Å². The Balaban J connectivity index is 0.000000117. The quantitative estimate of drug-likeness (QED) is 0.109. The molecule has 0 aliphatic heterocycles. The maximum atomic E-state index is 2.47. The normalized spacial score (nSPS) is 14.0. The van der Waals surface area contributed by atoms with Gasteiger partial charge in [0.15, 0.2) is 37.2 Å². The van der Waals surface area contributed by atoms with Gasteiger partial charge in [-0.15, -0.1) is 0 Å². The standard InChI is InChI=1S/4C24H28N.2C20H22N/c1-16-13-17(2)18(3)22(14-16)24-21-12-8-7-11-20(21)23(15-25(24)4)19-9-5-6-10-19;1-16-14-17(2)18(3)23(15-16)24-22-11-7-10-20(19-8-5-6-9-19)21(22)12-13-25(24)4;1-16-13-17(2)18(3)23(14-16)24-22-10-9-20(19-7-5-6-8-19)15-21(22)11-12-25(24)4;1-16-13-17(2)18(3)22(14-16)24-23-15-21(19-7-5-6-8-19)10-9-20(23)11-12-25(24)4;1-14(2)16-9-10-19-17(13-16)11-12-21(4)20(19)18-8-6-5-7-15(18)3;1-14(2)17-10-9-16-11-12-21(4)20(19(16)13-17)18-8-6-5-7-15(18)3/h7-8,11-15,19H,5-6,9-10H2,1-4H3;7,10-15,19H,5-6,8-9H2,1-4H3;2*9-15,19H,5-8H2,1-4H3;2*5-14H,1-4H3/q6*+1. The SMILES string of the molecule is Cc1cc(C)c(C)c(-c2c3cc(C4CCCC4)ccc3cc[n+]2C)c1.Cc1cc(C)c(C)c(-c2c3ccc(C4CCCC4)cc3cc[n+]2C)c1.Cc1cc(C)c(C)c(-c2c3cccc(C4CCCC4)c3cc[n+]2C)c1.Cc1cc(C)c(C)c(-c2c3ccccc3c(C3CCCC3)c[n+]2C)c1.Cc1ccccc1-c1c2cc(C(C)C)ccc2cc[n+]1C.Cc1ccccc1-c1c2ccc(C(C)C)cc2cc[n+]1C. The average Bonchev–Trinajstić information content (AvgIpc) is 1.14. The molecule has 0 saturated heterocycles. The summed E-state index contributed by atoms with van der Waals surface area (Å²) in [7, 11) is 13.0. The third kappa shape index (κ3) is 21.4. The Kier molecular flexibility index (Phi) is 31.1. The molecule has 0 unspecified atom stereocenters. The van der Waals surface area contributed by atoms with Crippen LogP contribution in [0.25, 0.3) is 132 Å². The van der Waals surface area contributed by atoms with Crippen molar-refractivity contribution in [1.82, 2.24) is 0 Å². The summed E-state index contributed by atoms with van der Waals surface area (Å²) < 4.78 is 13.7. The monoisotopic (exact) mass is 1870 g/mol. The number of nitrogens with zero attached hydrogens (tertiary/aromatic N) is 6. The van der Waals surface area contributed by atoms with Crippen LogP contribution in [-0.2, 0) is 42.3 Å². The third-order valence-electron chi connectivity index (χ3n) is 32.7. The van der Waals surface area contributed by atoms with Gasteiger partial charge < -0.3 is 0 Å². The fraction of sp³-hybridized carbons (Fsp3) is 0.338. The maximum Gasteiger partial charge on any atom is 0.220 e. The molecule has 12 aromatic carbocycles. The van der Waals surface area contributed by atoms with E-state index in [1.165, 1.54) is 335 Å². The van der Waals surface area contributed by atoms with Gasteiger partial charge in [-0.05, 0) is 372 Å². The number of aromatic nitrogens is 6. The van der Waals surface area contributed by atoms with Crippen molar-refractivity contribution in [3.63, 3.8) is 0 Å². The Hall–Kier alpha value is -12.9. The highest BCUT2D eigenvalue weighted by Crippen LogP contribution is 2.46. The first kappa shape index (κ1) is 101. The first-order valence-corrected chi connectivity index (χ1v) is 53.3. The second kappa shape index (κ2) is 43.9. The lowest BCUT2D eigenvalue weighted by Gasteiger charge is -2.16. The minimum absolute atomic E-state index is 0.546. The van der Waals surface area contributed by atoms with Gasteiger partial charge in [0.2, 0.25) is 34.2 Å². The van der Waals surface area contributed by atoms with Crippen LogP contribution in [0.2, 0.25) is 0 Å². The van der Waals surface area contributed by atoms with E-state index in [4.69, 9.17) is 0 Å². The molecule has 0 bridgehead atoms. The summed E-state index contributed by atoms with van der Waals surface area (Å²) in [5, 5.41) is 16.4. The van der Waals surface area contributed by atoms with Crippen molar-refractivity contribution >= 4 is 64.6 Å². The van der Waals surface area contributed by atoms with Crippen molar-refractivity contribution in [2.24, 2.45) is 42.3 Å². The lowest BCUT2D eigenvalue weighted by atomic mass is 9.89. The molecule has 18 aromatic rings. The topological polar surface area (TPSA) is 23.3 Å². The Labute approximate surface area is 850 Å². The van der Waals surface area contributed by atoms with Gasteiger partial charge in [-0.1, -0.05) is 241 Å². The number of benzene rings is 12. The highest BCUT2D eigenvalue weighted by atomic mass is 15.0. The highest BCUT2D eigenvalue weighted by molar-refractivity contribution is 6.00. The molecule has 6 nitrogen and oxygen atoms in total. The molecule has 4 saturated carbocycles. The predicted molar refractivity (Wildman–Crippen MR) is 603 cm³/mol. The third-order valence-corrected chi connectivity index (χ3v) is 32.7. The number of fused-ring (bicyclic) bond motifs is 6. The molecule has 4 aliphatic rings. The molecule has 724 valence electrons. The molecule has 0 spiro atoms. The highest BCUT2D eigenvalue weighted by Gasteiger charge is 2.31. The first-order chi connectivity index (χ1) is 68.4. The number of hydrogen-bond donors (Lipinski definition) is 0. The summed E-state index contributed by atoms with van der Waals surface area (Å²) in [4.78, 5) is 0. The van der Waals surface area contributed by atoms with Gasteiger partial charge in [0.1, 0.15) is 42.3 Å². The summed E-state index contributed by atoms with van der Waals surface area (Å²) in [6, 6.07) is 90.9. The molecular formula is C136H156N6+6. The van der Waals surface area contributed by atoms with Crippen molar-refractivity contribution in [2.45, 2.75) is 263 Å². The number of aryl methyl sites for hydroxylation is 16. The molecule has 6 heterocycles. The van der Waals surface area contributed by atoms with E-state index in [-0.39, 0.29) is 0 Å². The van der Waals surface area contributed by atoms with E-state index in [1.807, 2.05) is 0 Å². The van der Waals surface area contributed by atoms with Crippen LogP contribution in [0.5, 0.6) is 0 Å². The fourth-order valence-corrected chi connectivity index (χ4v) is 24.2. The second-order valence-electron chi connectivity index (χ2n) is 43.5. The van der Waals surface area contributed by atoms with E-state index in [0.717, 1.165) is 23.7 Å². The zero-order chi connectivity index (χ0) is 100.